The summed E-state index contributed by atoms with van der Waals surface area (Å²) in [4.78, 5) is 4.03. The summed E-state index contributed by atoms with van der Waals surface area (Å²) in [5.74, 6) is 0.364. The highest BCUT2D eigenvalue weighted by molar-refractivity contribution is 5.12. The fourth-order valence-corrected chi connectivity index (χ4v) is 2.97. The quantitative estimate of drug-likeness (QED) is 0.904. The number of aromatic nitrogens is 4. The second-order valence-corrected chi connectivity index (χ2v) is 5.95. The van der Waals surface area contributed by atoms with E-state index in [1.54, 1.807) is 10.9 Å². The van der Waals surface area contributed by atoms with Gasteiger partial charge in [-0.05, 0) is 12.8 Å². The minimum atomic E-state index is -4.26. The molecular weight excluding hydrogens is 323 g/mol. The third-order valence-corrected chi connectivity index (χ3v) is 4.05. The lowest BCUT2D eigenvalue weighted by Gasteiger charge is -2.32. The van der Waals surface area contributed by atoms with Crippen LogP contribution in [0.3, 0.4) is 0 Å². The van der Waals surface area contributed by atoms with E-state index in [9.17, 15) is 13.2 Å². The molecule has 2 aromatic rings. The van der Waals surface area contributed by atoms with E-state index in [0.29, 0.717) is 12.4 Å². The first-order valence-corrected chi connectivity index (χ1v) is 7.83. The van der Waals surface area contributed by atoms with Gasteiger partial charge in [-0.2, -0.15) is 18.3 Å². The van der Waals surface area contributed by atoms with Crippen LogP contribution in [0.15, 0.2) is 24.8 Å². The number of hydrogen-bond donors (Lipinski definition) is 1. The molecule has 2 aromatic heterocycles. The van der Waals surface area contributed by atoms with Gasteiger partial charge in [-0.15, -0.1) is 0 Å². The average molecular weight is 343 g/mol. The normalized spacial score (nSPS) is 22.0. The molecule has 0 bridgehead atoms. The molecule has 3 heterocycles. The van der Waals surface area contributed by atoms with Crippen LogP contribution in [-0.2, 0) is 24.9 Å². The standard InChI is InChI=1S/C15H20F3N5O/c1-22-9-11(7-21-22)14-12(3-2-6-24-14)20-8-13-19-4-5-23(13)10-15(16,17)18/h4-5,7,9,12,14,20H,2-3,6,8,10H2,1H3/t12-,14+/m0/s1. The van der Waals surface area contributed by atoms with Crippen LogP contribution in [0.4, 0.5) is 13.2 Å². The first-order chi connectivity index (χ1) is 11.4. The summed E-state index contributed by atoms with van der Waals surface area (Å²) in [6.07, 6.45) is 3.77. The Hall–Kier alpha value is -1.87. The minimum Gasteiger partial charge on any atom is -0.372 e. The molecule has 0 unspecified atom stereocenters. The predicted molar refractivity (Wildman–Crippen MR) is 80.0 cm³/mol. The largest absolute Gasteiger partial charge is 0.406 e. The van der Waals surface area contributed by atoms with Crippen LogP contribution in [0, 0.1) is 0 Å². The van der Waals surface area contributed by atoms with Crippen LogP contribution in [0.25, 0.3) is 0 Å². The number of alkyl halides is 3. The summed E-state index contributed by atoms with van der Waals surface area (Å²) in [6, 6.07) is 0.0130. The van der Waals surface area contributed by atoms with Crippen molar-refractivity contribution in [2.45, 2.75) is 44.3 Å². The van der Waals surface area contributed by atoms with E-state index < -0.39 is 12.7 Å². The fraction of sp³-hybridized carbons (Fsp3) is 0.600. The summed E-state index contributed by atoms with van der Waals surface area (Å²) in [5.41, 5.74) is 0.966. The number of imidazole rings is 1. The van der Waals surface area contributed by atoms with Crippen molar-refractivity contribution >= 4 is 0 Å². The zero-order chi connectivity index (χ0) is 17.2. The lowest BCUT2D eigenvalue weighted by atomic mass is 9.98. The number of ether oxygens (including phenoxy) is 1. The van der Waals surface area contributed by atoms with Crippen molar-refractivity contribution in [1.82, 2.24) is 24.6 Å². The monoisotopic (exact) mass is 343 g/mol. The number of aryl methyl sites for hydroxylation is 1. The summed E-state index contributed by atoms with van der Waals surface area (Å²) < 4.78 is 46.4. The summed E-state index contributed by atoms with van der Waals surface area (Å²) >= 11 is 0. The van der Waals surface area contributed by atoms with E-state index in [-0.39, 0.29) is 18.7 Å². The first-order valence-electron chi connectivity index (χ1n) is 7.83. The van der Waals surface area contributed by atoms with Crippen molar-refractivity contribution < 1.29 is 17.9 Å². The van der Waals surface area contributed by atoms with Gasteiger partial charge in [-0.25, -0.2) is 4.98 Å². The Bertz CT molecular complexity index is 666. The van der Waals surface area contributed by atoms with E-state index in [1.165, 1.54) is 12.4 Å². The Morgan fingerprint density at radius 2 is 2.25 bits per heavy atom. The van der Waals surface area contributed by atoms with Gasteiger partial charge in [-0.1, -0.05) is 0 Å². The predicted octanol–water partition coefficient (Wildman–Crippen LogP) is 2.19. The smallest absolute Gasteiger partial charge is 0.372 e. The summed E-state index contributed by atoms with van der Waals surface area (Å²) in [7, 11) is 1.84. The summed E-state index contributed by atoms with van der Waals surface area (Å²) in [6.45, 7) is -0.106. The second-order valence-electron chi connectivity index (χ2n) is 5.95. The van der Waals surface area contributed by atoms with Gasteiger partial charge in [0.15, 0.2) is 0 Å². The Morgan fingerprint density at radius 1 is 1.42 bits per heavy atom. The maximum absolute atomic E-state index is 12.6. The van der Waals surface area contributed by atoms with Crippen molar-refractivity contribution in [3.8, 4) is 0 Å². The van der Waals surface area contributed by atoms with Gasteiger partial charge in [-0.3, -0.25) is 4.68 Å². The van der Waals surface area contributed by atoms with Crippen LogP contribution < -0.4 is 5.32 Å². The molecule has 0 spiro atoms. The zero-order valence-electron chi connectivity index (χ0n) is 13.3. The Labute approximate surface area is 137 Å². The van der Waals surface area contributed by atoms with Gasteiger partial charge in [0.1, 0.15) is 18.5 Å². The molecule has 0 saturated carbocycles. The molecule has 1 saturated heterocycles. The average Bonchev–Trinajstić information content (AvgIpc) is 3.13. The molecule has 0 aliphatic carbocycles. The molecule has 6 nitrogen and oxygen atoms in total. The van der Waals surface area contributed by atoms with Crippen LogP contribution in [0.5, 0.6) is 0 Å². The molecule has 1 N–H and O–H groups in total. The maximum Gasteiger partial charge on any atom is 0.406 e. The topological polar surface area (TPSA) is 56.9 Å². The van der Waals surface area contributed by atoms with Gasteiger partial charge in [0, 0.05) is 43.9 Å². The maximum atomic E-state index is 12.6. The zero-order valence-corrected chi connectivity index (χ0v) is 13.3. The lowest BCUT2D eigenvalue weighted by Crippen LogP contribution is -2.39. The Balaban J connectivity index is 1.65. The number of nitrogens with zero attached hydrogens (tertiary/aromatic N) is 4. The second kappa shape index (κ2) is 6.94. The number of halogens is 3. The Kier molecular flexibility index (Phi) is 4.91. The van der Waals surface area contributed by atoms with Gasteiger partial charge in [0.25, 0.3) is 0 Å². The molecule has 1 aliphatic rings. The number of hydrogen-bond acceptors (Lipinski definition) is 4. The summed E-state index contributed by atoms with van der Waals surface area (Å²) in [5, 5.41) is 7.45. The molecule has 9 heteroatoms. The van der Waals surface area contributed by atoms with Crippen molar-refractivity contribution in [2.75, 3.05) is 6.61 Å². The van der Waals surface area contributed by atoms with Crippen molar-refractivity contribution in [1.29, 1.82) is 0 Å². The van der Waals surface area contributed by atoms with Crippen molar-refractivity contribution in [3.05, 3.63) is 36.2 Å². The van der Waals surface area contributed by atoms with Crippen LogP contribution >= 0.6 is 0 Å². The molecular formula is C15H20F3N5O. The van der Waals surface area contributed by atoms with Gasteiger partial charge in [0.05, 0.1) is 12.7 Å². The molecule has 3 rings (SSSR count). The van der Waals surface area contributed by atoms with Crippen LogP contribution in [-0.4, -0.2) is 38.2 Å². The lowest BCUT2D eigenvalue weighted by molar-refractivity contribution is -0.141. The van der Waals surface area contributed by atoms with Crippen LogP contribution in [0.1, 0.15) is 30.3 Å². The van der Waals surface area contributed by atoms with E-state index in [4.69, 9.17) is 4.74 Å². The highest BCUT2D eigenvalue weighted by Gasteiger charge is 2.30. The van der Waals surface area contributed by atoms with E-state index >= 15 is 0 Å². The first kappa shape index (κ1) is 17.0. The molecule has 1 aliphatic heterocycles. The highest BCUT2D eigenvalue weighted by atomic mass is 19.4. The van der Waals surface area contributed by atoms with E-state index in [2.05, 4.69) is 15.4 Å². The number of rotatable bonds is 5. The molecule has 2 atom stereocenters. The van der Waals surface area contributed by atoms with Gasteiger partial charge in [0.2, 0.25) is 0 Å². The van der Waals surface area contributed by atoms with Crippen molar-refractivity contribution in [3.63, 3.8) is 0 Å². The molecule has 1 fully saturated rings. The van der Waals surface area contributed by atoms with Crippen LogP contribution in [0.2, 0.25) is 0 Å². The minimum absolute atomic E-state index is 0.0130. The Morgan fingerprint density at radius 3 is 2.96 bits per heavy atom. The SMILES string of the molecule is Cn1cc([C@H]2OCCC[C@@H]2NCc2nccn2CC(F)(F)F)cn1. The molecule has 24 heavy (non-hydrogen) atoms. The third kappa shape index (κ3) is 4.15. The van der Waals surface area contributed by atoms with Gasteiger partial charge < -0.3 is 14.6 Å². The van der Waals surface area contributed by atoms with E-state index in [1.807, 2.05) is 13.2 Å². The third-order valence-electron chi connectivity index (χ3n) is 4.05. The van der Waals surface area contributed by atoms with Gasteiger partial charge >= 0.3 is 6.18 Å². The van der Waals surface area contributed by atoms with Crippen molar-refractivity contribution in [2.24, 2.45) is 7.05 Å². The molecule has 0 amide bonds. The number of nitrogens with one attached hydrogen (secondary N) is 1. The highest BCUT2D eigenvalue weighted by Crippen LogP contribution is 2.28. The molecule has 132 valence electrons. The fourth-order valence-electron chi connectivity index (χ4n) is 2.97. The molecule has 0 radical (unpaired) electrons. The molecule has 0 aromatic carbocycles. The van der Waals surface area contributed by atoms with E-state index in [0.717, 1.165) is 23.0 Å².